The summed E-state index contributed by atoms with van der Waals surface area (Å²) in [6, 6.07) is 14.3. The Morgan fingerprint density at radius 3 is 3.03 bits per heavy atom. The molecule has 0 radical (unpaired) electrons. The molecule has 1 aromatic heterocycles. The van der Waals surface area contributed by atoms with Crippen LogP contribution in [-0.4, -0.2) is 46.5 Å². The minimum atomic E-state index is -0.124. The van der Waals surface area contributed by atoms with Gasteiger partial charge in [0, 0.05) is 30.6 Å². The molecule has 0 bridgehead atoms. The van der Waals surface area contributed by atoms with Crippen molar-refractivity contribution in [1.29, 1.82) is 0 Å². The lowest BCUT2D eigenvalue weighted by atomic mass is 9.96. The van der Waals surface area contributed by atoms with E-state index in [9.17, 15) is 9.59 Å². The van der Waals surface area contributed by atoms with Gasteiger partial charge in [0.25, 0.3) is 5.91 Å². The third-order valence-electron chi connectivity index (χ3n) is 7.48. The number of carbonyl (C=O) groups is 2. The lowest BCUT2D eigenvalue weighted by Gasteiger charge is -2.32. The van der Waals surface area contributed by atoms with Gasteiger partial charge in [-0.2, -0.15) is 5.10 Å². The van der Waals surface area contributed by atoms with Gasteiger partial charge >= 0.3 is 0 Å². The molecule has 2 N–H and O–H groups in total. The van der Waals surface area contributed by atoms with E-state index in [2.05, 4.69) is 39.8 Å². The first-order valence-corrected chi connectivity index (χ1v) is 11.3. The molecule has 2 aliphatic carbocycles. The molecule has 158 valence electrons. The van der Waals surface area contributed by atoms with Crippen LogP contribution < -0.4 is 5.32 Å². The molecule has 1 saturated heterocycles. The first-order chi connectivity index (χ1) is 15.2. The fourth-order valence-electron chi connectivity index (χ4n) is 5.76. The molecule has 3 aliphatic rings. The summed E-state index contributed by atoms with van der Waals surface area (Å²) in [6.07, 6.45) is 4.58. The molecule has 1 saturated carbocycles. The fourth-order valence-corrected chi connectivity index (χ4v) is 5.76. The summed E-state index contributed by atoms with van der Waals surface area (Å²) in [5.74, 6) is 1.86. The number of piperidine rings is 1. The Balaban J connectivity index is 1.06. The average Bonchev–Trinajstić information content (AvgIpc) is 3.14. The van der Waals surface area contributed by atoms with E-state index < -0.39 is 0 Å². The van der Waals surface area contributed by atoms with Crippen LogP contribution in [0.2, 0.25) is 0 Å². The molecule has 4 atom stereocenters. The third kappa shape index (κ3) is 3.21. The predicted octanol–water partition coefficient (Wildman–Crippen LogP) is 3.12. The molecule has 2 heterocycles. The highest BCUT2D eigenvalue weighted by atomic mass is 16.2. The maximum Gasteiger partial charge on any atom is 0.253 e. The second-order valence-corrected chi connectivity index (χ2v) is 9.26. The van der Waals surface area contributed by atoms with E-state index in [1.807, 2.05) is 23.1 Å². The molecule has 0 spiro atoms. The minimum Gasteiger partial charge on any atom is -0.355 e. The Bertz CT molecular complexity index is 1170. The molecular formula is C25H26N4O2. The van der Waals surface area contributed by atoms with Crippen molar-refractivity contribution in [3.05, 3.63) is 65.4 Å². The fraction of sp³-hybridized carbons (Fsp3) is 0.400. The zero-order valence-corrected chi connectivity index (χ0v) is 17.4. The number of carbonyl (C=O) groups excluding carboxylic acids is 2. The number of amides is 2. The predicted molar refractivity (Wildman–Crippen MR) is 118 cm³/mol. The summed E-state index contributed by atoms with van der Waals surface area (Å²) in [7, 11) is 0. The van der Waals surface area contributed by atoms with Gasteiger partial charge in [0.05, 0.1) is 17.6 Å². The van der Waals surface area contributed by atoms with Crippen molar-refractivity contribution in [2.45, 2.75) is 25.2 Å². The molecule has 2 amide bonds. The number of H-pyrrole nitrogens is 1. The summed E-state index contributed by atoms with van der Waals surface area (Å²) in [4.78, 5) is 27.7. The molecule has 31 heavy (non-hydrogen) atoms. The number of hydrogen-bond donors (Lipinski definition) is 2. The van der Waals surface area contributed by atoms with Gasteiger partial charge in [0.15, 0.2) is 0 Å². The topological polar surface area (TPSA) is 78.1 Å². The standard InChI is InChI=1S/C25H26N4O2/c30-24(26-13-21-20-11-15-4-1-2-6-19(15)23(20)21)17-5-3-9-29(14-17)25(31)16-7-8-22-18(10-16)12-27-28-22/h1-2,4,6-8,10,12,17,20-21,23H,3,5,9,11,13-14H2,(H,26,30)(H,27,28). The minimum absolute atomic E-state index is 0.00562. The quantitative estimate of drug-likeness (QED) is 0.689. The zero-order chi connectivity index (χ0) is 20.9. The van der Waals surface area contributed by atoms with Crippen LogP contribution in [0.1, 0.15) is 40.2 Å². The SMILES string of the molecule is O=C(NCC1C2Cc3ccccc3C12)C1CCCN(C(=O)c2ccc3[nH]ncc3c2)C1. The Morgan fingerprint density at radius 2 is 2.10 bits per heavy atom. The number of nitrogens with one attached hydrogen (secondary N) is 2. The van der Waals surface area contributed by atoms with Crippen LogP contribution >= 0.6 is 0 Å². The summed E-state index contributed by atoms with van der Waals surface area (Å²) in [6.45, 7) is 1.95. The number of aromatic amines is 1. The van der Waals surface area contributed by atoms with E-state index in [0.717, 1.165) is 36.7 Å². The largest absolute Gasteiger partial charge is 0.355 e. The Labute approximate surface area is 181 Å². The maximum atomic E-state index is 13.0. The second-order valence-electron chi connectivity index (χ2n) is 9.26. The van der Waals surface area contributed by atoms with Gasteiger partial charge < -0.3 is 10.2 Å². The summed E-state index contributed by atoms with van der Waals surface area (Å²) >= 11 is 0. The number of aromatic nitrogens is 2. The third-order valence-corrected chi connectivity index (χ3v) is 7.48. The Morgan fingerprint density at radius 1 is 1.19 bits per heavy atom. The molecule has 3 aromatic rings. The van der Waals surface area contributed by atoms with Crippen LogP contribution in [0, 0.1) is 17.8 Å². The van der Waals surface area contributed by atoms with Gasteiger partial charge in [0.1, 0.15) is 0 Å². The van der Waals surface area contributed by atoms with Crippen molar-refractivity contribution < 1.29 is 9.59 Å². The lowest BCUT2D eigenvalue weighted by Crippen LogP contribution is -2.45. The highest BCUT2D eigenvalue weighted by molar-refractivity contribution is 5.98. The number of fused-ring (bicyclic) bond motifs is 4. The van der Waals surface area contributed by atoms with E-state index in [1.54, 1.807) is 6.20 Å². The molecule has 6 heteroatoms. The van der Waals surface area contributed by atoms with Crippen molar-refractivity contribution in [2.24, 2.45) is 17.8 Å². The van der Waals surface area contributed by atoms with Gasteiger partial charge in [-0.25, -0.2) is 0 Å². The highest BCUT2D eigenvalue weighted by Gasteiger charge is 2.55. The molecular weight excluding hydrogens is 388 g/mol. The van der Waals surface area contributed by atoms with Crippen LogP contribution in [0.5, 0.6) is 0 Å². The normalized spacial score (nSPS) is 26.4. The van der Waals surface area contributed by atoms with Crippen LogP contribution in [0.25, 0.3) is 10.9 Å². The van der Waals surface area contributed by atoms with Crippen LogP contribution in [0.3, 0.4) is 0 Å². The van der Waals surface area contributed by atoms with Gasteiger partial charge in [0.2, 0.25) is 5.91 Å². The van der Waals surface area contributed by atoms with E-state index in [1.165, 1.54) is 11.1 Å². The first kappa shape index (κ1) is 18.6. The molecule has 6 rings (SSSR count). The van der Waals surface area contributed by atoms with Gasteiger partial charge in [-0.05, 0) is 66.3 Å². The number of hydrogen-bond acceptors (Lipinski definition) is 3. The van der Waals surface area contributed by atoms with Crippen LogP contribution in [0.4, 0.5) is 0 Å². The molecule has 4 unspecified atom stereocenters. The molecule has 1 aliphatic heterocycles. The van der Waals surface area contributed by atoms with E-state index in [4.69, 9.17) is 0 Å². The van der Waals surface area contributed by atoms with Crippen molar-refractivity contribution in [2.75, 3.05) is 19.6 Å². The number of nitrogens with zero attached hydrogens (tertiary/aromatic N) is 2. The molecule has 2 aromatic carbocycles. The number of rotatable bonds is 4. The summed E-state index contributed by atoms with van der Waals surface area (Å²) in [5, 5.41) is 11.1. The molecule has 6 nitrogen and oxygen atoms in total. The number of benzene rings is 2. The van der Waals surface area contributed by atoms with Crippen molar-refractivity contribution in [3.63, 3.8) is 0 Å². The summed E-state index contributed by atoms with van der Waals surface area (Å²) < 4.78 is 0. The lowest BCUT2D eigenvalue weighted by molar-refractivity contribution is -0.126. The smallest absolute Gasteiger partial charge is 0.253 e. The zero-order valence-electron chi connectivity index (χ0n) is 17.4. The van der Waals surface area contributed by atoms with Crippen LogP contribution in [0.15, 0.2) is 48.7 Å². The Hall–Kier alpha value is -3.15. The van der Waals surface area contributed by atoms with Gasteiger partial charge in [-0.1, -0.05) is 24.3 Å². The maximum absolute atomic E-state index is 13.0. The summed E-state index contributed by atoms with van der Waals surface area (Å²) in [5.41, 5.74) is 4.53. The monoisotopic (exact) mass is 414 g/mol. The average molecular weight is 415 g/mol. The van der Waals surface area contributed by atoms with E-state index in [-0.39, 0.29) is 17.7 Å². The second kappa shape index (κ2) is 7.22. The molecule has 2 fully saturated rings. The van der Waals surface area contributed by atoms with Gasteiger partial charge in [-0.3, -0.25) is 14.7 Å². The van der Waals surface area contributed by atoms with Crippen LogP contribution in [-0.2, 0) is 11.2 Å². The first-order valence-electron chi connectivity index (χ1n) is 11.3. The van der Waals surface area contributed by atoms with E-state index in [0.29, 0.717) is 36.4 Å². The van der Waals surface area contributed by atoms with Gasteiger partial charge in [-0.15, -0.1) is 0 Å². The van der Waals surface area contributed by atoms with Crippen molar-refractivity contribution in [1.82, 2.24) is 20.4 Å². The van der Waals surface area contributed by atoms with Crippen molar-refractivity contribution in [3.8, 4) is 0 Å². The Kier molecular flexibility index (Phi) is 4.33. The number of likely N-dealkylation sites (tertiary alicyclic amines) is 1. The van der Waals surface area contributed by atoms with E-state index >= 15 is 0 Å². The van der Waals surface area contributed by atoms with Crippen molar-refractivity contribution >= 4 is 22.7 Å². The highest BCUT2D eigenvalue weighted by Crippen LogP contribution is 2.60.